The largest absolute Gasteiger partial charge is 0.481 e. The lowest BCUT2D eigenvalue weighted by Crippen LogP contribution is -2.24. The van der Waals surface area contributed by atoms with Crippen LogP contribution in [-0.2, 0) is 16.0 Å². The zero-order valence-electron chi connectivity index (χ0n) is 16.2. The summed E-state index contributed by atoms with van der Waals surface area (Å²) >= 11 is 0. The molecule has 0 spiro atoms. The summed E-state index contributed by atoms with van der Waals surface area (Å²) in [6, 6.07) is 15.5. The molecule has 0 aliphatic carbocycles. The fourth-order valence-electron chi connectivity index (χ4n) is 3.00. The molecule has 0 heterocycles. The van der Waals surface area contributed by atoms with Gasteiger partial charge in [0.25, 0.3) is 0 Å². The molecule has 1 amide bonds. The van der Waals surface area contributed by atoms with Gasteiger partial charge in [0.1, 0.15) is 0 Å². The lowest BCUT2D eigenvalue weighted by atomic mass is 10.0. The van der Waals surface area contributed by atoms with Gasteiger partial charge in [-0.2, -0.15) is 0 Å². The highest BCUT2D eigenvalue weighted by atomic mass is 16.4. The summed E-state index contributed by atoms with van der Waals surface area (Å²) in [4.78, 5) is 23.1. The summed E-state index contributed by atoms with van der Waals surface area (Å²) in [5.41, 5.74) is 3.84. The third-order valence-corrected chi connectivity index (χ3v) is 4.32. The number of carboxylic acid groups (broad SMARTS) is 1. The molecule has 3 N–H and O–H groups in total. The third kappa shape index (κ3) is 6.77. The minimum Gasteiger partial charge on any atom is -0.481 e. The lowest BCUT2D eigenvalue weighted by Gasteiger charge is -2.17. The van der Waals surface area contributed by atoms with Crippen molar-refractivity contribution in [1.82, 2.24) is 0 Å². The Morgan fingerprint density at radius 3 is 2.48 bits per heavy atom. The zero-order chi connectivity index (χ0) is 19.8. The summed E-state index contributed by atoms with van der Waals surface area (Å²) in [6.45, 7) is 6.16. The highest BCUT2D eigenvalue weighted by molar-refractivity contribution is 5.92. The Balaban J connectivity index is 1.92. The molecule has 0 aromatic heterocycles. The molecular formula is C22H28N2O3. The van der Waals surface area contributed by atoms with Crippen molar-refractivity contribution in [1.29, 1.82) is 0 Å². The number of carbonyl (C=O) groups is 2. The second-order valence-corrected chi connectivity index (χ2v) is 7.13. The third-order valence-electron chi connectivity index (χ3n) is 4.32. The van der Waals surface area contributed by atoms with E-state index in [9.17, 15) is 9.59 Å². The fourth-order valence-corrected chi connectivity index (χ4v) is 3.00. The number of benzene rings is 2. The molecular weight excluding hydrogens is 340 g/mol. The number of carboxylic acids is 1. The maximum atomic E-state index is 12.4. The van der Waals surface area contributed by atoms with Crippen molar-refractivity contribution < 1.29 is 14.7 Å². The van der Waals surface area contributed by atoms with Crippen molar-refractivity contribution in [3.05, 3.63) is 59.7 Å². The summed E-state index contributed by atoms with van der Waals surface area (Å²) in [5, 5.41) is 15.1. The zero-order valence-corrected chi connectivity index (χ0v) is 16.2. The number of aliphatic carboxylic acids is 1. The van der Waals surface area contributed by atoms with Crippen molar-refractivity contribution >= 4 is 23.3 Å². The molecule has 1 atom stereocenters. The number of aryl methyl sites for hydroxylation is 1. The van der Waals surface area contributed by atoms with Crippen molar-refractivity contribution in [3.63, 3.8) is 0 Å². The maximum Gasteiger partial charge on any atom is 0.303 e. The number of hydrogen-bond donors (Lipinski definition) is 3. The van der Waals surface area contributed by atoms with Crippen LogP contribution in [-0.4, -0.2) is 23.0 Å². The molecule has 2 aromatic carbocycles. The fraction of sp³-hybridized carbons (Fsp3) is 0.364. The lowest BCUT2D eigenvalue weighted by molar-refractivity contribution is -0.137. The summed E-state index contributed by atoms with van der Waals surface area (Å²) in [7, 11) is 0. The van der Waals surface area contributed by atoms with Crippen molar-refractivity contribution in [2.24, 2.45) is 0 Å². The highest BCUT2D eigenvalue weighted by Gasteiger charge is 2.12. The highest BCUT2D eigenvalue weighted by Crippen LogP contribution is 2.24. The Hall–Kier alpha value is -2.82. The Morgan fingerprint density at radius 1 is 1.04 bits per heavy atom. The molecule has 0 radical (unpaired) electrons. The molecule has 0 saturated heterocycles. The van der Waals surface area contributed by atoms with Crippen LogP contribution in [0.1, 0.15) is 50.7 Å². The van der Waals surface area contributed by atoms with Gasteiger partial charge in [-0.1, -0.05) is 44.2 Å². The van der Waals surface area contributed by atoms with Crippen LogP contribution in [0.4, 0.5) is 11.4 Å². The molecule has 5 heteroatoms. The van der Waals surface area contributed by atoms with Crippen LogP contribution in [0.2, 0.25) is 0 Å². The van der Waals surface area contributed by atoms with Crippen LogP contribution in [0.15, 0.2) is 48.5 Å². The van der Waals surface area contributed by atoms with E-state index >= 15 is 0 Å². The average molecular weight is 368 g/mol. The topological polar surface area (TPSA) is 78.4 Å². The first kappa shape index (κ1) is 20.5. The van der Waals surface area contributed by atoms with E-state index in [2.05, 4.69) is 24.5 Å². The standard InChI is InChI=1S/C22H28N2O3/c1-15(2)19-9-4-5-10-20(19)24-21(25)13-16(3)23-18-8-6-7-17(14-18)11-12-22(26)27/h4-10,14-16,23H,11-13H2,1-3H3,(H,24,25)(H,26,27). The molecule has 0 saturated carbocycles. The van der Waals surface area contributed by atoms with Crippen LogP contribution in [0.5, 0.6) is 0 Å². The maximum absolute atomic E-state index is 12.4. The van der Waals surface area contributed by atoms with Gasteiger partial charge in [-0.15, -0.1) is 0 Å². The van der Waals surface area contributed by atoms with Gasteiger partial charge in [-0.3, -0.25) is 9.59 Å². The normalized spacial score (nSPS) is 11.9. The van der Waals surface area contributed by atoms with E-state index < -0.39 is 5.97 Å². The second kappa shape index (κ2) is 9.76. The van der Waals surface area contributed by atoms with Gasteiger partial charge in [-0.05, 0) is 48.6 Å². The summed E-state index contributed by atoms with van der Waals surface area (Å²) in [6.07, 6.45) is 0.939. The quantitative estimate of drug-likeness (QED) is 0.602. The Kier molecular flexibility index (Phi) is 7.41. The van der Waals surface area contributed by atoms with E-state index in [1.165, 1.54) is 0 Å². The van der Waals surface area contributed by atoms with Gasteiger partial charge in [0.15, 0.2) is 0 Å². The molecule has 0 aliphatic heterocycles. The van der Waals surface area contributed by atoms with E-state index in [-0.39, 0.29) is 18.4 Å². The van der Waals surface area contributed by atoms with E-state index in [1.807, 2.05) is 55.5 Å². The summed E-state index contributed by atoms with van der Waals surface area (Å²) in [5.74, 6) is -0.504. The van der Waals surface area contributed by atoms with Crippen LogP contribution in [0, 0.1) is 0 Å². The van der Waals surface area contributed by atoms with Gasteiger partial charge in [0.05, 0.1) is 0 Å². The SMILES string of the molecule is CC(CC(=O)Nc1ccccc1C(C)C)Nc1cccc(CCC(=O)O)c1. The number of anilines is 2. The molecule has 0 bridgehead atoms. The average Bonchev–Trinajstić information content (AvgIpc) is 2.60. The van der Waals surface area contributed by atoms with E-state index in [1.54, 1.807) is 0 Å². The van der Waals surface area contributed by atoms with Gasteiger partial charge in [0.2, 0.25) is 5.91 Å². The molecule has 2 rings (SSSR count). The molecule has 2 aromatic rings. The van der Waals surface area contributed by atoms with Crippen molar-refractivity contribution in [2.45, 2.75) is 52.0 Å². The van der Waals surface area contributed by atoms with Crippen LogP contribution in [0.25, 0.3) is 0 Å². The van der Waals surface area contributed by atoms with Gasteiger partial charge in [-0.25, -0.2) is 0 Å². The molecule has 0 fully saturated rings. The van der Waals surface area contributed by atoms with Gasteiger partial charge < -0.3 is 15.7 Å². The van der Waals surface area contributed by atoms with Gasteiger partial charge in [0, 0.05) is 30.3 Å². The molecule has 27 heavy (non-hydrogen) atoms. The van der Waals surface area contributed by atoms with Crippen LogP contribution >= 0.6 is 0 Å². The Morgan fingerprint density at radius 2 is 1.78 bits per heavy atom. The minimum absolute atomic E-state index is 0.0369. The van der Waals surface area contributed by atoms with E-state index in [0.717, 1.165) is 22.5 Å². The first-order chi connectivity index (χ1) is 12.8. The van der Waals surface area contributed by atoms with E-state index in [4.69, 9.17) is 5.11 Å². The Labute approximate surface area is 160 Å². The number of amides is 1. The number of rotatable bonds is 9. The predicted octanol–water partition coefficient (Wildman–Crippen LogP) is 4.66. The Bertz CT molecular complexity index is 787. The first-order valence-electron chi connectivity index (χ1n) is 9.31. The number of hydrogen-bond acceptors (Lipinski definition) is 3. The van der Waals surface area contributed by atoms with Crippen molar-refractivity contribution in [2.75, 3.05) is 10.6 Å². The van der Waals surface area contributed by atoms with Crippen LogP contribution < -0.4 is 10.6 Å². The van der Waals surface area contributed by atoms with Crippen molar-refractivity contribution in [3.8, 4) is 0 Å². The monoisotopic (exact) mass is 368 g/mol. The van der Waals surface area contributed by atoms with E-state index in [0.29, 0.717) is 18.8 Å². The molecule has 5 nitrogen and oxygen atoms in total. The van der Waals surface area contributed by atoms with Crippen LogP contribution in [0.3, 0.4) is 0 Å². The van der Waals surface area contributed by atoms with Gasteiger partial charge >= 0.3 is 5.97 Å². The predicted molar refractivity (Wildman–Crippen MR) is 109 cm³/mol. The minimum atomic E-state index is -0.805. The molecule has 0 aliphatic rings. The number of carbonyl (C=O) groups excluding carboxylic acids is 1. The smallest absolute Gasteiger partial charge is 0.303 e. The second-order valence-electron chi connectivity index (χ2n) is 7.13. The first-order valence-corrected chi connectivity index (χ1v) is 9.31. The number of para-hydroxylation sites is 1. The molecule has 144 valence electrons. The number of nitrogens with one attached hydrogen (secondary N) is 2. The molecule has 1 unspecified atom stereocenters. The summed E-state index contributed by atoms with van der Waals surface area (Å²) < 4.78 is 0.